The van der Waals surface area contributed by atoms with E-state index < -0.39 is 0 Å². The van der Waals surface area contributed by atoms with Crippen molar-refractivity contribution in [3.63, 3.8) is 0 Å². The van der Waals surface area contributed by atoms with Crippen molar-refractivity contribution in [3.8, 4) is 11.7 Å². The molecule has 0 spiro atoms. The minimum atomic E-state index is -0.240. The minimum Gasteiger partial charge on any atom is -0.459 e. The second kappa shape index (κ2) is 4.79. The highest BCUT2D eigenvalue weighted by molar-refractivity contribution is 5.43. The Morgan fingerprint density at radius 3 is 2.79 bits per heavy atom. The van der Waals surface area contributed by atoms with Crippen LogP contribution in [0.2, 0.25) is 0 Å². The standard InChI is InChI=1S/C13H18N4O2/c1-13(2,17-7-5-14-6-8-17)12-15-11(19-16-12)10-4-3-9-18-10/h3-4,9,14H,5-8H2,1-2H3. The average molecular weight is 262 g/mol. The first kappa shape index (κ1) is 12.4. The van der Waals surface area contributed by atoms with Crippen molar-refractivity contribution in [2.45, 2.75) is 19.4 Å². The molecule has 6 heteroatoms. The second-order valence-corrected chi connectivity index (χ2v) is 5.20. The predicted octanol–water partition coefficient (Wildman–Crippen LogP) is 1.47. The van der Waals surface area contributed by atoms with Crippen LogP contribution >= 0.6 is 0 Å². The van der Waals surface area contributed by atoms with Crippen molar-refractivity contribution in [2.24, 2.45) is 0 Å². The fourth-order valence-electron chi connectivity index (χ4n) is 2.34. The van der Waals surface area contributed by atoms with Gasteiger partial charge in [0.25, 0.3) is 5.89 Å². The number of furan rings is 1. The van der Waals surface area contributed by atoms with E-state index in [1.165, 1.54) is 0 Å². The van der Waals surface area contributed by atoms with Crippen molar-refractivity contribution < 1.29 is 8.94 Å². The van der Waals surface area contributed by atoms with Gasteiger partial charge in [0, 0.05) is 26.2 Å². The van der Waals surface area contributed by atoms with Crippen LogP contribution in [0, 0.1) is 0 Å². The SMILES string of the molecule is CC(C)(c1noc(-c2ccco2)n1)N1CCNCC1. The summed E-state index contributed by atoms with van der Waals surface area (Å²) in [4.78, 5) is 6.83. The van der Waals surface area contributed by atoms with E-state index in [1.54, 1.807) is 12.3 Å². The molecular formula is C13H18N4O2. The van der Waals surface area contributed by atoms with Crippen LogP contribution in [0.4, 0.5) is 0 Å². The van der Waals surface area contributed by atoms with Crippen LogP contribution in [0.25, 0.3) is 11.7 Å². The summed E-state index contributed by atoms with van der Waals surface area (Å²) in [5.41, 5.74) is -0.240. The van der Waals surface area contributed by atoms with Gasteiger partial charge in [-0.15, -0.1) is 0 Å². The summed E-state index contributed by atoms with van der Waals surface area (Å²) in [7, 11) is 0. The lowest BCUT2D eigenvalue weighted by molar-refractivity contribution is 0.0924. The zero-order valence-corrected chi connectivity index (χ0v) is 11.2. The Bertz CT molecular complexity index is 527. The fraction of sp³-hybridized carbons (Fsp3) is 0.538. The molecule has 19 heavy (non-hydrogen) atoms. The molecule has 0 bridgehead atoms. The molecule has 0 saturated carbocycles. The molecule has 102 valence electrons. The van der Waals surface area contributed by atoms with Gasteiger partial charge in [0.15, 0.2) is 11.6 Å². The van der Waals surface area contributed by atoms with Gasteiger partial charge >= 0.3 is 0 Å². The van der Waals surface area contributed by atoms with E-state index in [1.807, 2.05) is 6.07 Å². The van der Waals surface area contributed by atoms with Crippen LogP contribution in [0.5, 0.6) is 0 Å². The summed E-state index contributed by atoms with van der Waals surface area (Å²) < 4.78 is 10.6. The van der Waals surface area contributed by atoms with Crippen molar-refractivity contribution >= 4 is 0 Å². The van der Waals surface area contributed by atoms with Crippen molar-refractivity contribution in [2.75, 3.05) is 26.2 Å². The van der Waals surface area contributed by atoms with Crippen LogP contribution in [0.15, 0.2) is 27.3 Å². The van der Waals surface area contributed by atoms with Crippen molar-refractivity contribution in [3.05, 3.63) is 24.2 Å². The summed E-state index contributed by atoms with van der Waals surface area (Å²) >= 11 is 0. The van der Waals surface area contributed by atoms with E-state index in [0.717, 1.165) is 26.2 Å². The fourth-order valence-corrected chi connectivity index (χ4v) is 2.34. The lowest BCUT2D eigenvalue weighted by Gasteiger charge is -2.38. The highest BCUT2D eigenvalue weighted by Gasteiger charge is 2.34. The van der Waals surface area contributed by atoms with Gasteiger partial charge in [-0.05, 0) is 26.0 Å². The highest BCUT2D eigenvalue weighted by atomic mass is 16.5. The Morgan fingerprint density at radius 2 is 2.11 bits per heavy atom. The Kier molecular flexibility index (Phi) is 3.12. The van der Waals surface area contributed by atoms with Crippen LogP contribution in [-0.4, -0.2) is 41.2 Å². The Morgan fingerprint density at radius 1 is 1.32 bits per heavy atom. The van der Waals surface area contributed by atoms with Gasteiger partial charge in [0.1, 0.15) is 0 Å². The number of piperazine rings is 1. The van der Waals surface area contributed by atoms with E-state index in [9.17, 15) is 0 Å². The molecule has 0 amide bonds. The molecule has 0 aliphatic carbocycles. The monoisotopic (exact) mass is 262 g/mol. The topological polar surface area (TPSA) is 67.3 Å². The van der Waals surface area contributed by atoms with E-state index in [-0.39, 0.29) is 5.54 Å². The largest absolute Gasteiger partial charge is 0.459 e. The molecule has 6 nitrogen and oxygen atoms in total. The van der Waals surface area contributed by atoms with Crippen molar-refractivity contribution in [1.82, 2.24) is 20.4 Å². The molecule has 1 aliphatic heterocycles. The molecule has 2 aromatic heterocycles. The number of hydrogen-bond acceptors (Lipinski definition) is 6. The number of nitrogens with one attached hydrogen (secondary N) is 1. The van der Waals surface area contributed by atoms with E-state index in [4.69, 9.17) is 8.94 Å². The molecular weight excluding hydrogens is 244 g/mol. The first-order chi connectivity index (χ1) is 9.18. The summed E-state index contributed by atoms with van der Waals surface area (Å²) in [6, 6.07) is 3.62. The number of nitrogens with zero attached hydrogens (tertiary/aromatic N) is 3. The Balaban J connectivity index is 1.84. The minimum absolute atomic E-state index is 0.240. The molecule has 1 N–H and O–H groups in total. The molecule has 1 aliphatic rings. The van der Waals surface area contributed by atoms with Crippen LogP contribution in [0.3, 0.4) is 0 Å². The second-order valence-electron chi connectivity index (χ2n) is 5.20. The van der Waals surface area contributed by atoms with Gasteiger partial charge in [-0.25, -0.2) is 0 Å². The zero-order chi connectivity index (χ0) is 13.3. The molecule has 0 aromatic carbocycles. The maximum absolute atomic E-state index is 5.29. The van der Waals surface area contributed by atoms with Crippen LogP contribution in [-0.2, 0) is 5.54 Å². The zero-order valence-electron chi connectivity index (χ0n) is 11.2. The summed E-state index contributed by atoms with van der Waals surface area (Å²) in [6.45, 7) is 8.19. The average Bonchev–Trinajstić information content (AvgIpc) is 3.10. The first-order valence-corrected chi connectivity index (χ1v) is 6.52. The first-order valence-electron chi connectivity index (χ1n) is 6.52. The Labute approximate surface area is 111 Å². The third-order valence-corrected chi connectivity index (χ3v) is 3.61. The smallest absolute Gasteiger partial charge is 0.293 e. The quantitative estimate of drug-likeness (QED) is 0.903. The van der Waals surface area contributed by atoms with Gasteiger partial charge in [-0.1, -0.05) is 5.16 Å². The van der Waals surface area contributed by atoms with E-state index in [2.05, 4.69) is 34.2 Å². The van der Waals surface area contributed by atoms with E-state index in [0.29, 0.717) is 17.5 Å². The normalized spacial score (nSPS) is 17.8. The number of rotatable bonds is 3. The van der Waals surface area contributed by atoms with Crippen LogP contribution < -0.4 is 5.32 Å². The highest BCUT2D eigenvalue weighted by Crippen LogP contribution is 2.28. The number of hydrogen-bond donors (Lipinski definition) is 1. The lowest BCUT2D eigenvalue weighted by atomic mass is 10.0. The van der Waals surface area contributed by atoms with E-state index >= 15 is 0 Å². The van der Waals surface area contributed by atoms with Gasteiger partial charge < -0.3 is 14.3 Å². The molecule has 1 saturated heterocycles. The molecule has 1 fully saturated rings. The van der Waals surface area contributed by atoms with Crippen molar-refractivity contribution in [1.29, 1.82) is 0 Å². The maximum Gasteiger partial charge on any atom is 0.293 e. The van der Waals surface area contributed by atoms with Gasteiger partial charge in [0.05, 0.1) is 11.8 Å². The predicted molar refractivity (Wildman–Crippen MR) is 69.5 cm³/mol. The molecule has 0 unspecified atom stereocenters. The maximum atomic E-state index is 5.29. The van der Waals surface area contributed by atoms with Crippen LogP contribution in [0.1, 0.15) is 19.7 Å². The molecule has 3 heterocycles. The van der Waals surface area contributed by atoms with Gasteiger partial charge in [-0.3, -0.25) is 4.90 Å². The van der Waals surface area contributed by atoms with Gasteiger partial charge in [-0.2, -0.15) is 4.98 Å². The molecule has 3 rings (SSSR count). The molecule has 0 radical (unpaired) electrons. The lowest BCUT2D eigenvalue weighted by Crippen LogP contribution is -2.52. The third kappa shape index (κ3) is 2.29. The molecule has 0 atom stereocenters. The summed E-state index contributed by atoms with van der Waals surface area (Å²) in [6.07, 6.45) is 1.60. The van der Waals surface area contributed by atoms with Gasteiger partial charge in [0.2, 0.25) is 0 Å². The summed E-state index contributed by atoms with van der Waals surface area (Å²) in [5, 5.41) is 7.46. The molecule has 2 aromatic rings. The Hall–Kier alpha value is -1.66. The third-order valence-electron chi connectivity index (χ3n) is 3.61. The summed E-state index contributed by atoms with van der Waals surface area (Å²) in [5.74, 6) is 1.74. The number of aromatic nitrogens is 2.